The number of ether oxygens (including phenoxy) is 2. The third-order valence-corrected chi connectivity index (χ3v) is 9.19. The van der Waals surface area contributed by atoms with E-state index in [1.165, 1.54) is 29.3 Å². The molecule has 0 unspecified atom stereocenters. The standard InChI is InChI=1S/C34H32FN5O3S/c1-3-30(41)39-11-12-40-25(20-39)18-28(38-40)33-31(26-7-6-24(35)17-29(26)43-14-13-42-2)34-27(9-15-44-34)32(37-33)22-4-5-23-19-36-10-8-21(23)16-22/h3-7,9,15-18,36H,1,8,10-14,19-20H2,2H3. The zero-order chi connectivity index (χ0) is 30.2. The van der Waals surface area contributed by atoms with Crippen molar-refractivity contribution in [2.24, 2.45) is 0 Å². The van der Waals surface area contributed by atoms with E-state index in [1.807, 2.05) is 10.7 Å². The van der Waals surface area contributed by atoms with Gasteiger partial charge in [0.25, 0.3) is 0 Å². The van der Waals surface area contributed by atoms with Crippen LogP contribution in [-0.2, 0) is 35.6 Å². The molecule has 10 heteroatoms. The lowest BCUT2D eigenvalue weighted by atomic mass is 9.94. The molecule has 3 aromatic heterocycles. The largest absolute Gasteiger partial charge is 0.490 e. The monoisotopic (exact) mass is 609 g/mol. The van der Waals surface area contributed by atoms with E-state index in [2.05, 4.69) is 41.5 Å². The third kappa shape index (κ3) is 5.19. The van der Waals surface area contributed by atoms with Crippen LogP contribution < -0.4 is 10.1 Å². The minimum absolute atomic E-state index is 0.105. The number of fused-ring (bicyclic) bond motifs is 3. The molecule has 44 heavy (non-hydrogen) atoms. The maximum Gasteiger partial charge on any atom is 0.246 e. The number of hydrogen-bond acceptors (Lipinski definition) is 7. The van der Waals surface area contributed by atoms with Gasteiger partial charge in [-0.2, -0.15) is 5.10 Å². The summed E-state index contributed by atoms with van der Waals surface area (Å²) in [7, 11) is 1.60. The van der Waals surface area contributed by atoms with Gasteiger partial charge in [0, 0.05) is 53.0 Å². The number of nitrogens with one attached hydrogen (secondary N) is 1. The second kappa shape index (κ2) is 12.0. The summed E-state index contributed by atoms with van der Waals surface area (Å²) in [6.07, 6.45) is 2.31. The Kier molecular flexibility index (Phi) is 7.71. The molecule has 0 bridgehead atoms. The average molecular weight is 610 g/mol. The topological polar surface area (TPSA) is 81.5 Å². The van der Waals surface area contributed by atoms with Gasteiger partial charge in [-0.15, -0.1) is 11.3 Å². The Morgan fingerprint density at radius 2 is 2.02 bits per heavy atom. The number of halogens is 1. The first-order valence-electron chi connectivity index (χ1n) is 14.7. The van der Waals surface area contributed by atoms with Gasteiger partial charge in [0.15, 0.2) is 0 Å². The smallest absolute Gasteiger partial charge is 0.246 e. The Hall–Kier alpha value is -4.38. The number of thiophene rings is 1. The number of pyridine rings is 1. The second-order valence-electron chi connectivity index (χ2n) is 10.9. The van der Waals surface area contributed by atoms with Gasteiger partial charge in [-0.3, -0.25) is 9.48 Å². The van der Waals surface area contributed by atoms with E-state index in [0.717, 1.165) is 57.7 Å². The molecule has 1 amide bonds. The molecule has 0 saturated heterocycles. The fourth-order valence-corrected chi connectivity index (χ4v) is 7.02. The number of methoxy groups -OCH3 is 1. The molecule has 2 aliphatic heterocycles. The van der Waals surface area contributed by atoms with Crippen molar-refractivity contribution in [3.05, 3.63) is 89.2 Å². The van der Waals surface area contributed by atoms with Crippen LogP contribution in [0.15, 0.2) is 66.6 Å². The van der Waals surface area contributed by atoms with E-state index in [0.29, 0.717) is 43.4 Å². The minimum Gasteiger partial charge on any atom is -0.490 e. The molecule has 0 radical (unpaired) electrons. The van der Waals surface area contributed by atoms with Gasteiger partial charge >= 0.3 is 0 Å². The Bertz CT molecular complexity index is 1900. The van der Waals surface area contributed by atoms with Crippen LogP contribution in [0.1, 0.15) is 16.8 Å². The van der Waals surface area contributed by atoms with Crippen molar-refractivity contribution < 1.29 is 18.7 Å². The Morgan fingerprint density at radius 1 is 1.11 bits per heavy atom. The lowest BCUT2D eigenvalue weighted by Gasteiger charge is -2.26. The molecule has 5 heterocycles. The van der Waals surface area contributed by atoms with Crippen LogP contribution in [0.5, 0.6) is 5.75 Å². The zero-order valence-corrected chi connectivity index (χ0v) is 25.3. The van der Waals surface area contributed by atoms with Crippen molar-refractivity contribution in [1.29, 1.82) is 0 Å². The van der Waals surface area contributed by atoms with Crippen molar-refractivity contribution in [3.63, 3.8) is 0 Å². The highest BCUT2D eigenvalue weighted by molar-refractivity contribution is 7.18. The molecule has 7 rings (SSSR count). The molecule has 0 fully saturated rings. The van der Waals surface area contributed by atoms with E-state index in [-0.39, 0.29) is 18.3 Å². The third-order valence-electron chi connectivity index (χ3n) is 8.26. The number of benzene rings is 2. The SMILES string of the molecule is C=CC(=O)N1CCn2nc(-c3nc(-c4ccc5c(c4)CCNC5)c4ccsc4c3-c3ccc(F)cc3OCCOC)cc2C1. The number of aromatic nitrogens is 3. The van der Waals surface area contributed by atoms with Crippen LogP contribution in [0.3, 0.4) is 0 Å². The predicted octanol–water partition coefficient (Wildman–Crippen LogP) is 5.83. The predicted molar refractivity (Wildman–Crippen MR) is 170 cm³/mol. The van der Waals surface area contributed by atoms with E-state index in [1.54, 1.807) is 29.4 Å². The van der Waals surface area contributed by atoms with Crippen LogP contribution in [0.2, 0.25) is 0 Å². The number of carbonyl (C=O) groups is 1. The first-order chi connectivity index (χ1) is 21.5. The summed E-state index contributed by atoms with van der Waals surface area (Å²) in [4.78, 5) is 19.5. The molecule has 5 aromatic rings. The molecule has 2 aliphatic rings. The maximum absolute atomic E-state index is 14.6. The second-order valence-corrected chi connectivity index (χ2v) is 11.9. The number of amides is 1. The summed E-state index contributed by atoms with van der Waals surface area (Å²) in [6.45, 7) is 7.66. The molecule has 2 aromatic carbocycles. The highest BCUT2D eigenvalue weighted by atomic mass is 32.1. The summed E-state index contributed by atoms with van der Waals surface area (Å²) in [5.41, 5.74) is 8.41. The number of rotatable bonds is 8. The lowest BCUT2D eigenvalue weighted by molar-refractivity contribution is -0.127. The van der Waals surface area contributed by atoms with Gasteiger partial charge in [-0.1, -0.05) is 18.7 Å². The average Bonchev–Trinajstić information content (AvgIpc) is 3.71. The van der Waals surface area contributed by atoms with Gasteiger partial charge in [0.2, 0.25) is 5.91 Å². The van der Waals surface area contributed by atoms with Crippen LogP contribution in [0, 0.1) is 5.82 Å². The number of carbonyl (C=O) groups excluding carboxylic acids is 1. The summed E-state index contributed by atoms with van der Waals surface area (Å²) in [5.74, 6) is -0.0739. The van der Waals surface area contributed by atoms with E-state index in [4.69, 9.17) is 19.6 Å². The quantitative estimate of drug-likeness (QED) is 0.176. The molecule has 224 valence electrons. The molecular formula is C34H32FN5O3S. The van der Waals surface area contributed by atoms with Crippen molar-refractivity contribution in [2.75, 3.05) is 33.4 Å². The van der Waals surface area contributed by atoms with Gasteiger partial charge in [-0.25, -0.2) is 9.37 Å². The molecule has 1 N–H and O–H groups in total. The number of hydrogen-bond donors (Lipinski definition) is 1. The molecular weight excluding hydrogens is 577 g/mol. The summed E-state index contributed by atoms with van der Waals surface area (Å²) >= 11 is 1.62. The highest BCUT2D eigenvalue weighted by Gasteiger charge is 2.27. The maximum atomic E-state index is 14.6. The first-order valence-corrected chi connectivity index (χ1v) is 15.6. The fraction of sp³-hybridized carbons (Fsp3) is 0.265. The highest BCUT2D eigenvalue weighted by Crippen LogP contribution is 2.46. The summed E-state index contributed by atoms with van der Waals surface area (Å²) in [6, 6.07) is 15.3. The van der Waals surface area contributed by atoms with Gasteiger partial charge < -0.3 is 19.7 Å². The molecule has 0 atom stereocenters. The number of nitrogens with zero attached hydrogens (tertiary/aromatic N) is 4. The van der Waals surface area contributed by atoms with Gasteiger partial charge in [0.1, 0.15) is 29.6 Å². The van der Waals surface area contributed by atoms with Crippen molar-refractivity contribution in [1.82, 2.24) is 25.0 Å². The van der Waals surface area contributed by atoms with Crippen molar-refractivity contribution >= 4 is 27.3 Å². The lowest BCUT2D eigenvalue weighted by Crippen LogP contribution is -2.37. The normalized spacial score (nSPS) is 14.4. The van der Waals surface area contributed by atoms with E-state index in [9.17, 15) is 9.18 Å². The van der Waals surface area contributed by atoms with E-state index >= 15 is 0 Å². The zero-order valence-electron chi connectivity index (χ0n) is 24.4. The Labute approximate surface area is 258 Å². The minimum atomic E-state index is -0.386. The van der Waals surface area contributed by atoms with Crippen LogP contribution >= 0.6 is 11.3 Å². The molecule has 0 aliphatic carbocycles. The van der Waals surface area contributed by atoms with Crippen LogP contribution in [-0.4, -0.2) is 59.0 Å². The Morgan fingerprint density at radius 3 is 2.89 bits per heavy atom. The fourth-order valence-electron chi connectivity index (χ4n) is 6.06. The van der Waals surface area contributed by atoms with Crippen molar-refractivity contribution in [2.45, 2.75) is 26.1 Å². The molecule has 0 spiro atoms. The summed E-state index contributed by atoms with van der Waals surface area (Å²) < 4.78 is 28.8. The van der Waals surface area contributed by atoms with E-state index < -0.39 is 0 Å². The van der Waals surface area contributed by atoms with Crippen molar-refractivity contribution in [3.8, 4) is 39.5 Å². The Balaban J connectivity index is 1.44. The molecule has 8 nitrogen and oxygen atoms in total. The molecule has 0 saturated carbocycles. The van der Waals surface area contributed by atoms with Crippen LogP contribution in [0.25, 0.3) is 43.9 Å². The van der Waals surface area contributed by atoms with Crippen LogP contribution in [0.4, 0.5) is 4.39 Å². The first kappa shape index (κ1) is 28.4. The van der Waals surface area contributed by atoms with Gasteiger partial charge in [-0.05, 0) is 65.9 Å². The summed E-state index contributed by atoms with van der Waals surface area (Å²) in [5, 5.41) is 11.5. The van der Waals surface area contributed by atoms with Gasteiger partial charge in [0.05, 0.1) is 31.1 Å².